The molecular formula is C18H18N6O4S2. The van der Waals surface area contributed by atoms with E-state index in [1.54, 1.807) is 24.5 Å². The van der Waals surface area contributed by atoms with Crippen molar-refractivity contribution in [1.29, 1.82) is 0 Å². The van der Waals surface area contributed by atoms with Gasteiger partial charge in [0.2, 0.25) is 0 Å². The first kappa shape index (κ1) is 21.6. The standard InChI is InChI=1S/C18H18N6O4S2/c1-18(2)15(22(17(29)30-18)20-11-12-4-3-9-19-10-12)23(26)16(25)21-13-5-7-14(8-6-13)24(27)28/h3-11,15,26H,1-2H3,(H,21,25). The highest BCUT2D eigenvalue weighted by molar-refractivity contribution is 8.24. The molecule has 2 amide bonds. The summed E-state index contributed by atoms with van der Waals surface area (Å²) >= 11 is 6.68. The fourth-order valence-electron chi connectivity index (χ4n) is 2.77. The van der Waals surface area contributed by atoms with Gasteiger partial charge in [-0.3, -0.25) is 20.3 Å². The second kappa shape index (κ2) is 8.73. The highest BCUT2D eigenvalue weighted by Crippen LogP contribution is 2.42. The lowest BCUT2D eigenvalue weighted by Crippen LogP contribution is -2.54. The van der Waals surface area contributed by atoms with Crippen LogP contribution in [-0.4, -0.2) is 52.7 Å². The zero-order chi connectivity index (χ0) is 21.9. The van der Waals surface area contributed by atoms with Crippen LogP contribution >= 0.6 is 24.0 Å². The number of amides is 2. The van der Waals surface area contributed by atoms with E-state index < -0.39 is 21.9 Å². The van der Waals surface area contributed by atoms with Crippen LogP contribution < -0.4 is 5.32 Å². The normalized spacial score (nSPS) is 17.9. The van der Waals surface area contributed by atoms with Crippen molar-refractivity contribution in [3.8, 4) is 0 Å². The molecule has 1 unspecified atom stereocenters. The maximum atomic E-state index is 12.6. The number of urea groups is 1. The van der Waals surface area contributed by atoms with Crippen LogP contribution in [0.15, 0.2) is 53.9 Å². The maximum Gasteiger partial charge on any atom is 0.347 e. The lowest BCUT2D eigenvalue weighted by molar-refractivity contribution is -0.384. The molecule has 0 saturated carbocycles. The van der Waals surface area contributed by atoms with Crippen LogP contribution in [0.25, 0.3) is 0 Å². The molecule has 12 heteroatoms. The summed E-state index contributed by atoms with van der Waals surface area (Å²) in [6.07, 6.45) is 3.91. The molecular weight excluding hydrogens is 428 g/mol. The number of thiocarbonyl (C=S) groups is 1. The number of hydrogen-bond donors (Lipinski definition) is 2. The van der Waals surface area contributed by atoms with Crippen molar-refractivity contribution in [2.45, 2.75) is 24.8 Å². The molecule has 2 aromatic rings. The van der Waals surface area contributed by atoms with Crippen LogP contribution in [0.2, 0.25) is 0 Å². The van der Waals surface area contributed by atoms with Crippen molar-refractivity contribution in [3.63, 3.8) is 0 Å². The molecule has 0 radical (unpaired) electrons. The van der Waals surface area contributed by atoms with Crippen LogP contribution in [0, 0.1) is 10.1 Å². The molecule has 1 aliphatic rings. The third kappa shape index (κ3) is 4.72. The van der Waals surface area contributed by atoms with Gasteiger partial charge >= 0.3 is 6.03 Å². The van der Waals surface area contributed by atoms with Gasteiger partial charge < -0.3 is 5.32 Å². The van der Waals surface area contributed by atoms with Crippen molar-refractivity contribution in [1.82, 2.24) is 15.1 Å². The second-order valence-electron chi connectivity index (χ2n) is 6.80. The summed E-state index contributed by atoms with van der Waals surface area (Å²) < 4.78 is -0.266. The number of anilines is 1. The van der Waals surface area contributed by atoms with Gasteiger partial charge in [-0.15, -0.1) is 0 Å². The van der Waals surface area contributed by atoms with Crippen LogP contribution in [0.1, 0.15) is 19.4 Å². The Kier molecular flexibility index (Phi) is 6.29. The molecule has 156 valence electrons. The van der Waals surface area contributed by atoms with E-state index >= 15 is 0 Å². The topological polar surface area (TPSA) is 124 Å². The zero-order valence-electron chi connectivity index (χ0n) is 16.0. The minimum absolute atomic E-state index is 0.108. The number of nitrogens with one attached hydrogen (secondary N) is 1. The average Bonchev–Trinajstić information content (AvgIpc) is 2.94. The molecule has 1 atom stereocenters. The number of nitro groups is 1. The van der Waals surface area contributed by atoms with Crippen LogP contribution in [0.4, 0.5) is 16.2 Å². The highest BCUT2D eigenvalue weighted by Gasteiger charge is 2.50. The van der Waals surface area contributed by atoms with E-state index in [0.29, 0.717) is 15.1 Å². The number of pyridine rings is 1. The Bertz CT molecular complexity index is 984. The van der Waals surface area contributed by atoms with Gasteiger partial charge in [-0.05, 0) is 32.0 Å². The Morgan fingerprint density at radius 2 is 2.13 bits per heavy atom. The average molecular weight is 447 g/mol. The fraction of sp³-hybridized carbons (Fsp3) is 0.222. The van der Waals surface area contributed by atoms with E-state index in [-0.39, 0.29) is 5.69 Å². The first-order chi connectivity index (χ1) is 14.2. The summed E-state index contributed by atoms with van der Waals surface area (Å²) in [7, 11) is 0. The van der Waals surface area contributed by atoms with E-state index in [2.05, 4.69) is 15.4 Å². The van der Waals surface area contributed by atoms with Gasteiger partial charge in [0.1, 0.15) is 0 Å². The van der Waals surface area contributed by atoms with Crippen LogP contribution in [0.5, 0.6) is 0 Å². The fourth-order valence-corrected chi connectivity index (χ4v) is 4.55. The number of nitro benzene ring substituents is 1. The van der Waals surface area contributed by atoms with Gasteiger partial charge in [0.05, 0.1) is 15.9 Å². The number of non-ortho nitro benzene ring substituents is 1. The predicted molar refractivity (Wildman–Crippen MR) is 117 cm³/mol. The number of aromatic nitrogens is 1. The Morgan fingerprint density at radius 3 is 2.73 bits per heavy atom. The van der Waals surface area contributed by atoms with Crippen molar-refractivity contribution in [3.05, 3.63) is 64.5 Å². The molecule has 1 aliphatic heterocycles. The van der Waals surface area contributed by atoms with Gasteiger partial charge in [0.25, 0.3) is 5.69 Å². The summed E-state index contributed by atoms with van der Waals surface area (Å²) in [5.41, 5.74) is 0.915. The summed E-state index contributed by atoms with van der Waals surface area (Å²) in [4.78, 5) is 26.8. The van der Waals surface area contributed by atoms with Crippen molar-refractivity contribution < 1.29 is 14.9 Å². The second-order valence-corrected chi connectivity index (χ2v) is 9.09. The molecule has 3 rings (SSSR count). The van der Waals surface area contributed by atoms with E-state index in [1.165, 1.54) is 47.3 Å². The molecule has 2 heterocycles. The molecule has 1 aromatic heterocycles. The molecule has 1 saturated heterocycles. The monoisotopic (exact) mass is 446 g/mol. The molecule has 1 aromatic carbocycles. The number of rotatable bonds is 5. The third-order valence-electron chi connectivity index (χ3n) is 4.18. The molecule has 0 spiro atoms. The first-order valence-corrected chi connectivity index (χ1v) is 9.91. The number of hydroxylamine groups is 2. The van der Waals surface area contributed by atoms with Crippen molar-refractivity contribution >= 4 is 51.9 Å². The quantitative estimate of drug-likeness (QED) is 0.234. The van der Waals surface area contributed by atoms with Crippen molar-refractivity contribution in [2.75, 3.05) is 5.32 Å². The number of hydrogen-bond acceptors (Lipinski definition) is 8. The van der Waals surface area contributed by atoms with E-state index in [4.69, 9.17) is 12.2 Å². The summed E-state index contributed by atoms with van der Waals surface area (Å²) in [5.74, 6) is 0. The Balaban J connectivity index is 1.78. The number of nitrogens with zero attached hydrogens (tertiary/aromatic N) is 5. The maximum absolute atomic E-state index is 12.6. The molecule has 0 bridgehead atoms. The largest absolute Gasteiger partial charge is 0.347 e. The minimum Gasteiger partial charge on any atom is -0.306 e. The molecule has 2 N–H and O–H groups in total. The molecule has 1 fully saturated rings. The molecule has 30 heavy (non-hydrogen) atoms. The van der Waals surface area contributed by atoms with Crippen LogP contribution in [0.3, 0.4) is 0 Å². The van der Waals surface area contributed by atoms with E-state index in [0.717, 1.165) is 5.56 Å². The van der Waals surface area contributed by atoms with E-state index in [9.17, 15) is 20.1 Å². The predicted octanol–water partition coefficient (Wildman–Crippen LogP) is 3.69. The number of hydrazone groups is 1. The number of carbonyl (C=O) groups is 1. The Morgan fingerprint density at radius 1 is 1.43 bits per heavy atom. The lowest BCUT2D eigenvalue weighted by atomic mass is 10.1. The number of benzene rings is 1. The van der Waals surface area contributed by atoms with Gasteiger partial charge in [0.15, 0.2) is 10.5 Å². The number of thioether (sulfide) groups is 1. The lowest BCUT2D eigenvalue weighted by Gasteiger charge is -2.34. The molecule has 10 nitrogen and oxygen atoms in total. The summed E-state index contributed by atoms with van der Waals surface area (Å²) in [5, 5.41) is 30.2. The van der Waals surface area contributed by atoms with E-state index in [1.807, 2.05) is 13.8 Å². The Labute approximate surface area is 181 Å². The summed E-state index contributed by atoms with van der Waals surface area (Å²) in [6.45, 7) is 3.66. The van der Waals surface area contributed by atoms with Crippen LogP contribution in [-0.2, 0) is 0 Å². The first-order valence-electron chi connectivity index (χ1n) is 8.69. The summed E-state index contributed by atoms with van der Waals surface area (Å²) in [6, 6.07) is 8.01. The number of carbonyl (C=O) groups excluding carboxylic acids is 1. The van der Waals surface area contributed by atoms with Gasteiger partial charge in [-0.25, -0.2) is 9.80 Å². The van der Waals surface area contributed by atoms with Gasteiger partial charge in [-0.1, -0.05) is 30.0 Å². The third-order valence-corrected chi connectivity index (χ3v) is 5.71. The SMILES string of the molecule is CC1(C)SC(=S)N(N=Cc2cccnc2)C1N(O)C(=O)Nc1ccc([N+](=O)[O-])cc1. The highest BCUT2D eigenvalue weighted by atomic mass is 32.2. The zero-order valence-corrected chi connectivity index (χ0v) is 17.6. The molecule has 0 aliphatic carbocycles. The van der Waals surface area contributed by atoms with Gasteiger partial charge in [-0.2, -0.15) is 10.2 Å². The van der Waals surface area contributed by atoms with Gasteiger partial charge in [0, 0.05) is 35.8 Å². The minimum atomic E-state index is -0.888. The Hall–Kier alpha value is -3.09. The van der Waals surface area contributed by atoms with Crippen molar-refractivity contribution in [2.24, 2.45) is 5.10 Å². The smallest absolute Gasteiger partial charge is 0.306 e.